The van der Waals surface area contributed by atoms with Gasteiger partial charge in [0.1, 0.15) is 6.04 Å². The van der Waals surface area contributed by atoms with E-state index in [9.17, 15) is 26.8 Å². The zero-order valence-corrected chi connectivity index (χ0v) is 25.5. The molecule has 3 rings (SSSR count). The van der Waals surface area contributed by atoms with Gasteiger partial charge in [-0.15, -0.1) is 0 Å². The maximum Gasteiger partial charge on any atom is 0.243 e. The van der Waals surface area contributed by atoms with Gasteiger partial charge in [-0.25, -0.2) is 17.2 Å². The van der Waals surface area contributed by atoms with Crippen LogP contribution in [0.4, 0.5) is 14.5 Å². The maximum absolute atomic E-state index is 13.9. The summed E-state index contributed by atoms with van der Waals surface area (Å²) in [5.74, 6) is -2.89. The van der Waals surface area contributed by atoms with Crippen molar-refractivity contribution in [2.24, 2.45) is 0 Å². The molecular formula is C32H39F2N3O4S. The van der Waals surface area contributed by atoms with E-state index in [4.69, 9.17) is 0 Å². The Labute approximate surface area is 247 Å². The normalized spacial score (nSPS) is 12.5. The number of aryl methyl sites for hydroxylation is 1. The Morgan fingerprint density at radius 1 is 0.905 bits per heavy atom. The smallest absolute Gasteiger partial charge is 0.243 e. The summed E-state index contributed by atoms with van der Waals surface area (Å²) in [5.41, 5.74) is 2.17. The Balaban J connectivity index is 1.91. The second-order valence-electron chi connectivity index (χ2n) is 11.5. The van der Waals surface area contributed by atoms with E-state index in [-0.39, 0.29) is 49.9 Å². The van der Waals surface area contributed by atoms with Gasteiger partial charge in [0.2, 0.25) is 21.8 Å². The fraction of sp³-hybridized carbons (Fsp3) is 0.375. The first kappa shape index (κ1) is 32.7. The Kier molecular flexibility index (Phi) is 10.8. The van der Waals surface area contributed by atoms with Gasteiger partial charge in [0, 0.05) is 37.5 Å². The molecule has 2 amide bonds. The molecule has 0 aliphatic heterocycles. The number of amides is 2. The van der Waals surface area contributed by atoms with Crippen LogP contribution in [0.15, 0.2) is 72.8 Å². The van der Waals surface area contributed by atoms with E-state index in [0.29, 0.717) is 0 Å². The van der Waals surface area contributed by atoms with Crippen molar-refractivity contribution >= 4 is 27.5 Å². The molecule has 0 saturated carbocycles. The van der Waals surface area contributed by atoms with Crippen molar-refractivity contribution in [3.05, 3.63) is 101 Å². The number of hydrogen-bond acceptors (Lipinski definition) is 4. The average molecular weight is 600 g/mol. The predicted molar refractivity (Wildman–Crippen MR) is 161 cm³/mol. The molecule has 0 spiro atoms. The molecular weight excluding hydrogens is 560 g/mol. The molecule has 10 heteroatoms. The summed E-state index contributed by atoms with van der Waals surface area (Å²) in [5, 5.41) is 3.01. The Hall–Kier alpha value is -3.79. The second kappa shape index (κ2) is 13.9. The highest BCUT2D eigenvalue weighted by molar-refractivity contribution is 7.92. The molecule has 0 aliphatic rings. The lowest BCUT2D eigenvalue weighted by Crippen LogP contribution is -2.54. The van der Waals surface area contributed by atoms with Crippen LogP contribution in [-0.2, 0) is 32.6 Å². The van der Waals surface area contributed by atoms with Crippen molar-refractivity contribution in [2.75, 3.05) is 17.1 Å². The monoisotopic (exact) mass is 599 g/mol. The Morgan fingerprint density at radius 3 is 2.17 bits per heavy atom. The average Bonchev–Trinajstić information content (AvgIpc) is 2.89. The number of carbonyl (C=O) groups excluding carboxylic acids is 2. The van der Waals surface area contributed by atoms with E-state index in [1.54, 1.807) is 4.90 Å². The highest BCUT2D eigenvalue weighted by Gasteiger charge is 2.32. The molecule has 0 radical (unpaired) electrons. The minimum atomic E-state index is -3.85. The van der Waals surface area contributed by atoms with Gasteiger partial charge in [0.05, 0.1) is 11.9 Å². The van der Waals surface area contributed by atoms with Gasteiger partial charge in [-0.3, -0.25) is 13.9 Å². The summed E-state index contributed by atoms with van der Waals surface area (Å²) >= 11 is 0. The van der Waals surface area contributed by atoms with Crippen molar-refractivity contribution in [1.29, 1.82) is 0 Å². The number of rotatable bonds is 12. The van der Waals surface area contributed by atoms with E-state index < -0.39 is 33.2 Å². The summed E-state index contributed by atoms with van der Waals surface area (Å²) < 4.78 is 53.3. The molecule has 42 heavy (non-hydrogen) atoms. The Morgan fingerprint density at radius 2 is 1.57 bits per heavy atom. The third-order valence-electron chi connectivity index (χ3n) is 6.55. The lowest BCUT2D eigenvalue weighted by atomic mass is 10.00. The minimum Gasteiger partial charge on any atom is -0.350 e. The summed E-state index contributed by atoms with van der Waals surface area (Å²) in [6.07, 6.45) is 1.27. The number of nitrogens with one attached hydrogen (secondary N) is 1. The third-order valence-corrected chi connectivity index (χ3v) is 7.74. The molecule has 226 valence electrons. The van der Waals surface area contributed by atoms with Gasteiger partial charge in [-0.2, -0.15) is 0 Å². The van der Waals surface area contributed by atoms with Gasteiger partial charge in [-0.1, -0.05) is 60.2 Å². The van der Waals surface area contributed by atoms with Crippen molar-refractivity contribution in [2.45, 2.75) is 65.1 Å². The Bertz CT molecular complexity index is 1490. The van der Waals surface area contributed by atoms with Crippen LogP contribution in [0.5, 0.6) is 0 Å². The maximum atomic E-state index is 13.9. The quantitative estimate of drug-likeness (QED) is 0.303. The van der Waals surface area contributed by atoms with Crippen LogP contribution in [0.25, 0.3) is 0 Å². The van der Waals surface area contributed by atoms with Crippen LogP contribution < -0.4 is 9.62 Å². The third kappa shape index (κ3) is 9.65. The molecule has 0 unspecified atom stereocenters. The topological polar surface area (TPSA) is 86.8 Å². The number of anilines is 1. The second-order valence-corrected chi connectivity index (χ2v) is 13.4. The van der Waals surface area contributed by atoms with E-state index in [2.05, 4.69) is 5.32 Å². The number of halogens is 2. The molecule has 0 aromatic heterocycles. The molecule has 1 atom stereocenters. The van der Waals surface area contributed by atoms with Gasteiger partial charge in [0.25, 0.3) is 0 Å². The lowest BCUT2D eigenvalue weighted by molar-refractivity contribution is -0.142. The predicted octanol–water partition coefficient (Wildman–Crippen LogP) is 5.37. The van der Waals surface area contributed by atoms with E-state index in [1.165, 1.54) is 6.07 Å². The largest absolute Gasteiger partial charge is 0.350 e. The fourth-order valence-electron chi connectivity index (χ4n) is 4.66. The number of benzene rings is 3. The molecule has 0 aliphatic carbocycles. The minimum absolute atomic E-state index is 0.0352. The van der Waals surface area contributed by atoms with Crippen molar-refractivity contribution < 1.29 is 26.8 Å². The van der Waals surface area contributed by atoms with Crippen molar-refractivity contribution in [3.8, 4) is 0 Å². The number of carbonyl (C=O) groups is 2. The molecule has 1 N–H and O–H groups in total. The van der Waals surface area contributed by atoms with Crippen LogP contribution in [-0.4, -0.2) is 49.5 Å². The van der Waals surface area contributed by atoms with E-state index in [0.717, 1.165) is 39.4 Å². The first-order valence-electron chi connectivity index (χ1n) is 13.8. The van der Waals surface area contributed by atoms with Crippen LogP contribution in [0.2, 0.25) is 0 Å². The van der Waals surface area contributed by atoms with Gasteiger partial charge in [-0.05, 0) is 57.4 Å². The molecule has 0 heterocycles. The summed E-state index contributed by atoms with van der Waals surface area (Å²) in [7, 11) is -3.85. The molecule has 0 saturated heterocycles. The summed E-state index contributed by atoms with van der Waals surface area (Å²) in [6.45, 7) is 7.60. The van der Waals surface area contributed by atoms with Crippen LogP contribution in [0, 0.1) is 18.6 Å². The standard InChI is InChI=1S/C32H39F2N3O4S/c1-23-11-9-14-25(19-23)22-36(29(31(39)35-32(2,3)4)20-24-12-7-6-8-13-24)30(38)15-10-18-37(42(5,40)41)26-16-17-27(33)28(34)21-26/h6-9,11-14,16-17,19,21,29H,10,15,18,20,22H2,1-5H3,(H,35,39)/t29-/m0/s1. The summed E-state index contributed by atoms with van der Waals surface area (Å²) in [6, 6.07) is 19.1. The zero-order valence-electron chi connectivity index (χ0n) is 24.7. The highest BCUT2D eigenvalue weighted by Crippen LogP contribution is 2.22. The van der Waals surface area contributed by atoms with Crippen molar-refractivity contribution in [1.82, 2.24) is 10.2 Å². The van der Waals surface area contributed by atoms with E-state index in [1.807, 2.05) is 82.3 Å². The first-order chi connectivity index (χ1) is 19.6. The van der Waals surface area contributed by atoms with Gasteiger partial charge < -0.3 is 10.2 Å². The highest BCUT2D eigenvalue weighted by atomic mass is 32.2. The molecule has 7 nitrogen and oxygen atoms in total. The fourth-order valence-corrected chi connectivity index (χ4v) is 5.62. The van der Waals surface area contributed by atoms with Gasteiger partial charge >= 0.3 is 0 Å². The SMILES string of the molecule is Cc1cccc(CN(C(=O)CCCN(c2ccc(F)c(F)c2)S(C)(=O)=O)[C@@H](Cc2ccccc2)C(=O)NC(C)(C)C)c1. The van der Waals surface area contributed by atoms with Gasteiger partial charge in [0.15, 0.2) is 11.6 Å². The molecule has 3 aromatic rings. The van der Waals surface area contributed by atoms with Crippen molar-refractivity contribution in [3.63, 3.8) is 0 Å². The zero-order chi connectivity index (χ0) is 31.1. The molecule has 3 aromatic carbocycles. The van der Waals surface area contributed by atoms with E-state index >= 15 is 0 Å². The van der Waals surface area contributed by atoms with Crippen LogP contribution >= 0.6 is 0 Å². The lowest BCUT2D eigenvalue weighted by Gasteiger charge is -2.34. The molecule has 0 fully saturated rings. The number of nitrogens with zero attached hydrogens (tertiary/aromatic N) is 2. The number of hydrogen-bond donors (Lipinski definition) is 1. The molecule has 0 bridgehead atoms. The summed E-state index contributed by atoms with van der Waals surface area (Å²) in [4.78, 5) is 29.1. The van der Waals surface area contributed by atoms with Crippen LogP contribution in [0.3, 0.4) is 0 Å². The first-order valence-corrected chi connectivity index (χ1v) is 15.6. The van der Waals surface area contributed by atoms with Crippen LogP contribution in [0.1, 0.15) is 50.3 Å². The number of sulfonamides is 1.